The van der Waals surface area contributed by atoms with E-state index in [1.54, 1.807) is 41.3 Å². The smallest absolute Gasteiger partial charge is 0.261 e. The molecule has 1 heterocycles. The second kappa shape index (κ2) is 12.4. The molecule has 37 heavy (non-hydrogen) atoms. The average molecular weight is 524 g/mol. The zero-order chi connectivity index (χ0) is 26.4. The fraction of sp³-hybridized carbons (Fsp3) is 0.448. The summed E-state index contributed by atoms with van der Waals surface area (Å²) in [5.41, 5.74) is 1.67. The van der Waals surface area contributed by atoms with Gasteiger partial charge in [-0.05, 0) is 55.5 Å². The van der Waals surface area contributed by atoms with Crippen LogP contribution < -0.4 is 5.32 Å². The molecular formula is C29H34ClN3O4. The Bertz CT molecular complexity index is 1110. The first-order valence-corrected chi connectivity index (χ1v) is 13.6. The van der Waals surface area contributed by atoms with Crippen molar-refractivity contribution in [2.45, 2.75) is 76.9 Å². The molecule has 2 aromatic carbocycles. The number of halogens is 1. The zero-order valence-electron chi connectivity index (χ0n) is 21.2. The molecule has 4 amide bonds. The van der Waals surface area contributed by atoms with Gasteiger partial charge in [-0.3, -0.25) is 24.1 Å². The van der Waals surface area contributed by atoms with Gasteiger partial charge in [-0.25, -0.2) is 0 Å². The lowest BCUT2D eigenvalue weighted by Crippen LogP contribution is -2.51. The maximum absolute atomic E-state index is 13.5. The fourth-order valence-electron chi connectivity index (χ4n) is 5.22. The third kappa shape index (κ3) is 6.39. The number of imide groups is 1. The molecule has 0 aromatic heterocycles. The van der Waals surface area contributed by atoms with Crippen LogP contribution >= 0.6 is 11.6 Å². The Balaban J connectivity index is 1.43. The number of rotatable bonds is 10. The number of carbonyl (C=O) groups is 4. The van der Waals surface area contributed by atoms with Crippen molar-refractivity contribution in [3.63, 3.8) is 0 Å². The molecule has 4 rings (SSSR count). The molecule has 0 unspecified atom stereocenters. The average Bonchev–Trinajstić information content (AvgIpc) is 3.15. The molecule has 2 aromatic rings. The minimum atomic E-state index is -0.607. The Hall–Kier alpha value is -3.19. The molecule has 0 bridgehead atoms. The first-order valence-electron chi connectivity index (χ1n) is 13.2. The number of fused-ring (bicyclic) bond motifs is 1. The van der Waals surface area contributed by atoms with Crippen LogP contribution in [0, 0.1) is 0 Å². The van der Waals surface area contributed by atoms with Crippen molar-refractivity contribution in [2.24, 2.45) is 0 Å². The molecule has 1 N–H and O–H groups in total. The summed E-state index contributed by atoms with van der Waals surface area (Å²) in [6.45, 7) is 2.34. The number of hydrogen-bond donors (Lipinski definition) is 1. The highest BCUT2D eigenvalue weighted by Gasteiger charge is 2.35. The molecule has 196 valence electrons. The van der Waals surface area contributed by atoms with Crippen LogP contribution in [-0.4, -0.2) is 52.1 Å². The van der Waals surface area contributed by atoms with Gasteiger partial charge < -0.3 is 10.2 Å². The van der Waals surface area contributed by atoms with Gasteiger partial charge in [0.05, 0.1) is 11.1 Å². The Morgan fingerprint density at radius 1 is 1.00 bits per heavy atom. The summed E-state index contributed by atoms with van der Waals surface area (Å²) >= 11 is 6.04. The van der Waals surface area contributed by atoms with Crippen molar-refractivity contribution in [2.75, 3.05) is 6.54 Å². The van der Waals surface area contributed by atoms with E-state index >= 15 is 0 Å². The molecule has 1 fully saturated rings. The number of nitrogens with one attached hydrogen (secondary N) is 1. The van der Waals surface area contributed by atoms with Crippen molar-refractivity contribution in [1.29, 1.82) is 0 Å². The van der Waals surface area contributed by atoms with Crippen LogP contribution in [0.15, 0.2) is 48.5 Å². The van der Waals surface area contributed by atoms with E-state index in [1.807, 2.05) is 19.1 Å². The van der Waals surface area contributed by atoms with Crippen LogP contribution in [0.4, 0.5) is 0 Å². The first-order chi connectivity index (χ1) is 17.9. The molecule has 7 nitrogen and oxygen atoms in total. The van der Waals surface area contributed by atoms with Crippen molar-refractivity contribution >= 4 is 35.2 Å². The second-order valence-corrected chi connectivity index (χ2v) is 10.3. The van der Waals surface area contributed by atoms with E-state index in [0.29, 0.717) is 29.0 Å². The minimum Gasteiger partial charge on any atom is -0.352 e. The maximum atomic E-state index is 13.5. The highest BCUT2D eigenvalue weighted by molar-refractivity contribution is 6.30. The van der Waals surface area contributed by atoms with E-state index in [2.05, 4.69) is 5.32 Å². The molecule has 1 saturated carbocycles. The van der Waals surface area contributed by atoms with Crippen LogP contribution in [0.25, 0.3) is 0 Å². The van der Waals surface area contributed by atoms with E-state index in [0.717, 1.165) is 31.2 Å². The van der Waals surface area contributed by atoms with Gasteiger partial charge in [0, 0.05) is 30.6 Å². The van der Waals surface area contributed by atoms with E-state index in [-0.39, 0.29) is 49.2 Å². The third-order valence-electron chi connectivity index (χ3n) is 7.25. The Labute approximate surface area is 223 Å². The van der Waals surface area contributed by atoms with Gasteiger partial charge in [0.25, 0.3) is 11.8 Å². The third-order valence-corrected chi connectivity index (χ3v) is 7.51. The second-order valence-electron chi connectivity index (χ2n) is 9.83. The van der Waals surface area contributed by atoms with Crippen molar-refractivity contribution < 1.29 is 19.2 Å². The topological polar surface area (TPSA) is 86.8 Å². The van der Waals surface area contributed by atoms with Gasteiger partial charge in [0.2, 0.25) is 11.8 Å². The number of amides is 4. The van der Waals surface area contributed by atoms with E-state index < -0.39 is 6.04 Å². The van der Waals surface area contributed by atoms with E-state index in [1.165, 1.54) is 11.3 Å². The monoisotopic (exact) mass is 523 g/mol. The minimum absolute atomic E-state index is 0.119. The van der Waals surface area contributed by atoms with E-state index in [4.69, 9.17) is 11.6 Å². The molecule has 0 spiro atoms. The van der Waals surface area contributed by atoms with Gasteiger partial charge in [0.15, 0.2) is 0 Å². The Morgan fingerprint density at radius 2 is 1.62 bits per heavy atom. The predicted molar refractivity (Wildman–Crippen MR) is 142 cm³/mol. The van der Waals surface area contributed by atoms with Crippen LogP contribution in [0.5, 0.6) is 0 Å². The standard InChI is InChI=1S/C29H34ClN3O4/c1-2-25(27(35)31-22-9-4-3-5-10-22)33(19-20-14-16-21(30)17-15-20)26(34)13-8-18-32-28(36)23-11-6-7-12-24(23)29(32)37/h6-7,11-12,14-17,22,25H,2-5,8-10,13,18-19H2,1H3,(H,31,35)/t25-/m0/s1. The molecule has 1 aliphatic heterocycles. The molecule has 0 saturated heterocycles. The predicted octanol–water partition coefficient (Wildman–Crippen LogP) is 4.97. The lowest BCUT2D eigenvalue weighted by atomic mass is 9.95. The van der Waals surface area contributed by atoms with Crippen molar-refractivity contribution in [3.8, 4) is 0 Å². The maximum Gasteiger partial charge on any atom is 0.261 e. The number of benzene rings is 2. The zero-order valence-corrected chi connectivity index (χ0v) is 22.0. The molecule has 0 radical (unpaired) electrons. The highest BCUT2D eigenvalue weighted by atomic mass is 35.5. The largest absolute Gasteiger partial charge is 0.352 e. The summed E-state index contributed by atoms with van der Waals surface area (Å²) in [5.74, 6) is -0.969. The summed E-state index contributed by atoms with van der Waals surface area (Å²) in [6, 6.07) is 13.5. The summed E-state index contributed by atoms with van der Waals surface area (Å²) in [7, 11) is 0. The van der Waals surface area contributed by atoms with Crippen LogP contribution in [0.3, 0.4) is 0 Å². The number of nitrogens with zero attached hydrogens (tertiary/aromatic N) is 2. The number of carbonyl (C=O) groups excluding carboxylic acids is 4. The summed E-state index contributed by atoms with van der Waals surface area (Å²) in [6.07, 6.45) is 6.26. The van der Waals surface area contributed by atoms with Crippen LogP contribution in [0.2, 0.25) is 5.02 Å². The highest BCUT2D eigenvalue weighted by Crippen LogP contribution is 2.24. The summed E-state index contributed by atoms with van der Waals surface area (Å²) < 4.78 is 0. The first kappa shape index (κ1) is 26.9. The Kier molecular flexibility index (Phi) is 8.98. The van der Waals surface area contributed by atoms with Crippen molar-refractivity contribution in [3.05, 3.63) is 70.2 Å². The van der Waals surface area contributed by atoms with Crippen LogP contribution in [-0.2, 0) is 16.1 Å². The molecule has 1 atom stereocenters. The lowest BCUT2D eigenvalue weighted by molar-refractivity contribution is -0.142. The normalized spacial score (nSPS) is 16.4. The SMILES string of the molecule is CC[C@@H](C(=O)NC1CCCCC1)N(Cc1ccc(Cl)cc1)C(=O)CCCN1C(=O)c2ccccc2C1=O. The van der Waals surface area contributed by atoms with Gasteiger partial charge in [-0.15, -0.1) is 0 Å². The molecule has 1 aliphatic carbocycles. The molecular weight excluding hydrogens is 490 g/mol. The fourth-order valence-corrected chi connectivity index (χ4v) is 5.35. The van der Waals surface area contributed by atoms with Crippen LogP contribution in [0.1, 0.15) is 84.6 Å². The summed E-state index contributed by atoms with van der Waals surface area (Å²) in [4.78, 5) is 55.0. The van der Waals surface area contributed by atoms with Gasteiger partial charge in [-0.2, -0.15) is 0 Å². The lowest BCUT2D eigenvalue weighted by Gasteiger charge is -2.33. The Morgan fingerprint density at radius 3 is 2.22 bits per heavy atom. The quantitative estimate of drug-likeness (QED) is 0.445. The van der Waals surface area contributed by atoms with Gasteiger partial charge in [0.1, 0.15) is 6.04 Å². The van der Waals surface area contributed by atoms with Gasteiger partial charge in [-0.1, -0.05) is 62.1 Å². The summed E-state index contributed by atoms with van der Waals surface area (Å²) in [5, 5.41) is 3.77. The number of hydrogen-bond acceptors (Lipinski definition) is 4. The van der Waals surface area contributed by atoms with E-state index in [9.17, 15) is 19.2 Å². The molecule has 2 aliphatic rings. The molecule has 8 heteroatoms. The van der Waals surface area contributed by atoms with Gasteiger partial charge >= 0.3 is 0 Å². The van der Waals surface area contributed by atoms with Crippen molar-refractivity contribution in [1.82, 2.24) is 15.1 Å².